The zero-order valence-corrected chi connectivity index (χ0v) is 18.1. The van der Waals surface area contributed by atoms with Crippen LogP contribution in [-0.4, -0.2) is 42.6 Å². The summed E-state index contributed by atoms with van der Waals surface area (Å²) in [7, 11) is -2.47. The number of benzene rings is 2. The van der Waals surface area contributed by atoms with Crippen LogP contribution in [0.4, 0.5) is 5.69 Å². The van der Waals surface area contributed by atoms with Crippen LogP contribution in [0.15, 0.2) is 52.4 Å². The number of rotatable bonds is 6. The number of nitrogens with zero attached hydrogens (tertiary/aromatic N) is 3. The molecule has 0 saturated heterocycles. The number of hydrogen-bond donors (Lipinski definition) is 0. The Balaban J connectivity index is 2.22. The molecule has 0 radical (unpaired) electrons. The van der Waals surface area contributed by atoms with E-state index in [1.165, 1.54) is 61.1 Å². The van der Waals surface area contributed by atoms with E-state index in [2.05, 4.69) is 9.73 Å². The topological polar surface area (TPSA) is 138 Å². The third kappa shape index (κ3) is 4.54. The summed E-state index contributed by atoms with van der Waals surface area (Å²) in [5.41, 5.74) is 0.190. The number of esters is 1. The molecule has 3 aromatic rings. The fourth-order valence-corrected chi connectivity index (χ4v) is 4.97. The molecule has 31 heavy (non-hydrogen) atoms. The van der Waals surface area contributed by atoms with Crippen LogP contribution in [0.25, 0.3) is 10.2 Å². The van der Waals surface area contributed by atoms with Crippen LogP contribution < -0.4 is 4.80 Å². The largest absolute Gasteiger partial charge is 0.468 e. The summed E-state index contributed by atoms with van der Waals surface area (Å²) in [6.45, 7) is 1.19. The maximum atomic E-state index is 12.9. The zero-order valence-electron chi connectivity index (χ0n) is 16.5. The van der Waals surface area contributed by atoms with Crippen molar-refractivity contribution in [3.05, 3.63) is 62.9 Å². The number of hydrogen-bond acceptors (Lipinski definition) is 8. The molecule has 1 amide bonds. The van der Waals surface area contributed by atoms with E-state index in [0.717, 1.165) is 11.3 Å². The van der Waals surface area contributed by atoms with Crippen LogP contribution in [0, 0.1) is 10.1 Å². The van der Waals surface area contributed by atoms with Gasteiger partial charge in [0.1, 0.15) is 6.54 Å². The van der Waals surface area contributed by atoms with Crippen molar-refractivity contribution < 1.29 is 27.7 Å². The van der Waals surface area contributed by atoms with Gasteiger partial charge in [0.05, 0.1) is 38.5 Å². The molecule has 0 N–H and O–H groups in total. The van der Waals surface area contributed by atoms with Crippen LogP contribution >= 0.6 is 11.3 Å². The molecule has 0 unspecified atom stereocenters. The molecular weight excluding hydrogens is 446 g/mol. The Kier molecular flexibility index (Phi) is 6.32. The van der Waals surface area contributed by atoms with E-state index in [4.69, 9.17) is 0 Å². The Labute approximate surface area is 180 Å². The number of carbonyl (C=O) groups is 2. The highest BCUT2D eigenvalue weighted by atomic mass is 32.2. The van der Waals surface area contributed by atoms with E-state index in [1.54, 1.807) is 0 Å². The summed E-state index contributed by atoms with van der Waals surface area (Å²) in [6.07, 6.45) is 0. The molecule has 10 nitrogen and oxygen atoms in total. The summed E-state index contributed by atoms with van der Waals surface area (Å²) < 4.78 is 31.2. The molecular formula is C19H17N3O7S2. The molecule has 162 valence electrons. The minimum absolute atomic E-state index is 0.0783. The lowest BCUT2D eigenvalue weighted by Crippen LogP contribution is -2.22. The smallest absolute Gasteiger partial charge is 0.325 e. The third-order valence-corrected chi connectivity index (χ3v) is 7.25. The minimum atomic E-state index is -3.67. The van der Waals surface area contributed by atoms with E-state index in [-0.39, 0.29) is 33.2 Å². The Morgan fingerprint density at radius 2 is 1.94 bits per heavy atom. The number of nitro groups is 1. The number of aromatic nitrogens is 1. The van der Waals surface area contributed by atoms with Gasteiger partial charge in [0.25, 0.3) is 11.6 Å². The average Bonchev–Trinajstić information content (AvgIpc) is 3.09. The quantitative estimate of drug-likeness (QED) is 0.311. The van der Waals surface area contributed by atoms with E-state index in [9.17, 15) is 28.1 Å². The molecule has 0 aliphatic heterocycles. The number of thiazole rings is 1. The second-order valence-corrected chi connectivity index (χ2v) is 9.53. The molecule has 0 aliphatic carbocycles. The number of carbonyl (C=O) groups excluding carboxylic acids is 2. The van der Waals surface area contributed by atoms with Crippen molar-refractivity contribution in [3.63, 3.8) is 0 Å². The van der Waals surface area contributed by atoms with Crippen molar-refractivity contribution in [1.29, 1.82) is 0 Å². The summed E-state index contributed by atoms with van der Waals surface area (Å²) in [5, 5.41) is 11.1. The summed E-state index contributed by atoms with van der Waals surface area (Å²) in [5.74, 6) is -1.61. The van der Waals surface area contributed by atoms with Crippen LogP contribution in [0.1, 0.15) is 17.3 Å². The number of non-ortho nitro benzene ring substituents is 1. The van der Waals surface area contributed by atoms with Crippen molar-refractivity contribution in [2.75, 3.05) is 12.9 Å². The van der Waals surface area contributed by atoms with Gasteiger partial charge in [-0.1, -0.05) is 30.4 Å². The summed E-state index contributed by atoms with van der Waals surface area (Å²) in [6, 6.07) is 9.76. The number of methoxy groups -OCH3 is 1. The van der Waals surface area contributed by atoms with E-state index >= 15 is 0 Å². The SMILES string of the molecule is CCS(=O)(=O)c1ccccc1C(=O)N=c1sc2cc([N+](=O)[O-])ccc2n1CC(=O)OC. The molecule has 2 aromatic carbocycles. The molecule has 3 rings (SSSR count). The highest BCUT2D eigenvalue weighted by molar-refractivity contribution is 7.91. The fraction of sp³-hybridized carbons (Fsp3) is 0.211. The number of ether oxygens (including phenoxy) is 1. The van der Waals surface area contributed by atoms with Crippen LogP contribution in [0.5, 0.6) is 0 Å². The molecule has 0 saturated carbocycles. The predicted octanol–water partition coefficient (Wildman–Crippen LogP) is 2.32. The number of nitro benzene ring substituents is 1. The van der Waals surface area contributed by atoms with Crippen LogP contribution in [0.3, 0.4) is 0 Å². The Bertz CT molecular complexity index is 1370. The standard InChI is InChI=1S/C19H17N3O7S2/c1-3-31(27,28)16-7-5-4-6-13(16)18(24)20-19-21(11-17(23)29-2)14-9-8-12(22(25)26)10-15(14)30-19/h4-10H,3,11H2,1-2H3. The maximum Gasteiger partial charge on any atom is 0.325 e. The Morgan fingerprint density at radius 1 is 1.23 bits per heavy atom. The first-order valence-corrected chi connectivity index (χ1v) is 11.4. The molecule has 1 heterocycles. The second kappa shape index (κ2) is 8.78. The average molecular weight is 463 g/mol. The maximum absolute atomic E-state index is 12.9. The molecule has 0 aliphatic rings. The van der Waals surface area contributed by atoms with E-state index in [1.807, 2.05) is 0 Å². The summed E-state index contributed by atoms with van der Waals surface area (Å²) in [4.78, 5) is 39.3. The van der Waals surface area contributed by atoms with Gasteiger partial charge < -0.3 is 9.30 Å². The number of amides is 1. The van der Waals surface area contributed by atoms with Gasteiger partial charge in [-0.25, -0.2) is 8.42 Å². The monoisotopic (exact) mass is 463 g/mol. The first-order chi connectivity index (χ1) is 14.7. The lowest BCUT2D eigenvalue weighted by atomic mass is 10.2. The van der Waals surface area contributed by atoms with Crippen molar-refractivity contribution in [1.82, 2.24) is 4.57 Å². The molecule has 0 atom stereocenters. The zero-order chi connectivity index (χ0) is 22.8. The second-order valence-electron chi connectivity index (χ2n) is 6.27. The highest BCUT2D eigenvalue weighted by Gasteiger charge is 2.21. The summed E-state index contributed by atoms with van der Waals surface area (Å²) >= 11 is 0.964. The predicted molar refractivity (Wildman–Crippen MR) is 113 cm³/mol. The van der Waals surface area contributed by atoms with Gasteiger partial charge in [0, 0.05) is 12.1 Å². The highest BCUT2D eigenvalue weighted by Crippen LogP contribution is 2.24. The van der Waals surface area contributed by atoms with Gasteiger partial charge >= 0.3 is 5.97 Å². The molecule has 0 fully saturated rings. The van der Waals surface area contributed by atoms with Gasteiger partial charge in [0.2, 0.25) is 0 Å². The van der Waals surface area contributed by atoms with Crippen molar-refractivity contribution in [2.45, 2.75) is 18.4 Å². The lowest BCUT2D eigenvalue weighted by molar-refractivity contribution is -0.384. The minimum Gasteiger partial charge on any atom is -0.468 e. The fourth-order valence-electron chi connectivity index (χ4n) is 2.82. The van der Waals surface area contributed by atoms with Gasteiger partial charge in [-0.05, 0) is 18.2 Å². The van der Waals surface area contributed by atoms with Crippen molar-refractivity contribution in [3.8, 4) is 0 Å². The molecule has 0 bridgehead atoms. The van der Waals surface area contributed by atoms with Crippen molar-refractivity contribution >= 4 is 49.0 Å². The van der Waals surface area contributed by atoms with Gasteiger partial charge in [-0.15, -0.1) is 0 Å². The Morgan fingerprint density at radius 3 is 2.58 bits per heavy atom. The number of fused-ring (bicyclic) bond motifs is 1. The lowest BCUT2D eigenvalue weighted by Gasteiger charge is -2.06. The molecule has 12 heteroatoms. The van der Waals surface area contributed by atoms with E-state index in [0.29, 0.717) is 10.2 Å². The normalized spacial score (nSPS) is 12.1. The molecule has 0 spiro atoms. The van der Waals surface area contributed by atoms with Crippen LogP contribution in [0.2, 0.25) is 0 Å². The van der Waals surface area contributed by atoms with Gasteiger partial charge in [-0.2, -0.15) is 4.99 Å². The molecule has 1 aromatic heterocycles. The van der Waals surface area contributed by atoms with Crippen molar-refractivity contribution in [2.24, 2.45) is 4.99 Å². The van der Waals surface area contributed by atoms with Gasteiger partial charge in [-0.3, -0.25) is 19.7 Å². The Hall–Kier alpha value is -3.38. The third-order valence-electron chi connectivity index (χ3n) is 4.42. The van der Waals surface area contributed by atoms with E-state index < -0.39 is 26.6 Å². The number of sulfone groups is 1. The van der Waals surface area contributed by atoms with Crippen LogP contribution in [-0.2, 0) is 25.9 Å². The first-order valence-electron chi connectivity index (χ1n) is 8.93. The first kappa shape index (κ1) is 22.3. The van der Waals surface area contributed by atoms with Gasteiger partial charge in [0.15, 0.2) is 14.6 Å².